The average molecular weight is 810 g/mol. The van der Waals surface area contributed by atoms with Gasteiger partial charge in [0.05, 0.1) is 6.61 Å². The van der Waals surface area contributed by atoms with Crippen molar-refractivity contribution in [2.75, 3.05) is 39.6 Å². The maximum atomic E-state index is 12.5. The predicted molar refractivity (Wildman–Crippen MR) is 175 cm³/mol. The van der Waals surface area contributed by atoms with Crippen molar-refractivity contribution in [1.29, 1.82) is 0 Å². The number of nitrogens with one attached hydrogen (secondary N) is 1. The Morgan fingerprint density at radius 2 is 0.964 bits per heavy atom. The molecule has 0 saturated carbocycles. The number of carbonyl (C=O) groups excluding carboxylic acids is 8. The molecule has 0 unspecified atom stereocenters. The second kappa shape index (κ2) is 23.2. The lowest BCUT2D eigenvalue weighted by Gasteiger charge is -2.48. The number of hydrogen-bond acceptors (Lipinski definition) is 21. The molecule has 10 atom stereocenters. The largest absolute Gasteiger partial charge is 0.480 e. The van der Waals surface area contributed by atoms with Crippen LogP contribution < -0.4 is 5.32 Å². The minimum atomic E-state index is -1.85. The van der Waals surface area contributed by atoms with Gasteiger partial charge in [0.1, 0.15) is 44.7 Å². The van der Waals surface area contributed by atoms with Gasteiger partial charge in [0.25, 0.3) is 0 Å². The molecule has 2 aliphatic rings. The van der Waals surface area contributed by atoms with Crippen molar-refractivity contribution >= 4 is 53.7 Å². The molecule has 0 spiro atoms. The molecule has 0 radical (unpaired) electrons. The first-order valence-electron chi connectivity index (χ1n) is 17.1. The topological polar surface area (TPSA) is 297 Å². The van der Waals surface area contributed by atoms with Gasteiger partial charge in [-0.2, -0.15) is 0 Å². The SMILES string of the molecule is CC(=O)OC[C@H]1O[C@H](O[C@@H]2[C@H](OC(C)=O)[C@@H](OC(C)=O)[C@H](OCCCNC(=O)COCC(=O)O)O[C@@H]2COC(C)=O)[C@H](OC(C)=O)[C@@H](OC(C)=O)[C@H]1OC(C)=O. The van der Waals surface area contributed by atoms with E-state index in [2.05, 4.69) is 5.32 Å². The highest BCUT2D eigenvalue weighted by Crippen LogP contribution is 2.35. The number of carboxylic acids is 1. The van der Waals surface area contributed by atoms with E-state index in [0.29, 0.717) is 0 Å². The number of esters is 7. The Hall–Kier alpha value is -4.97. The van der Waals surface area contributed by atoms with E-state index < -0.39 is 142 Å². The highest BCUT2D eigenvalue weighted by Gasteiger charge is 2.57. The van der Waals surface area contributed by atoms with E-state index in [1.54, 1.807) is 0 Å². The summed E-state index contributed by atoms with van der Waals surface area (Å²) in [6.45, 7) is 4.67. The number of rotatable bonds is 20. The summed E-state index contributed by atoms with van der Waals surface area (Å²) in [5, 5.41) is 11.1. The minimum absolute atomic E-state index is 0.0130. The third-order valence-corrected chi connectivity index (χ3v) is 7.27. The van der Waals surface area contributed by atoms with Gasteiger partial charge in [-0.25, -0.2) is 4.79 Å². The van der Waals surface area contributed by atoms with Crippen molar-refractivity contribution in [3.05, 3.63) is 0 Å². The number of ether oxygens (including phenoxy) is 12. The standard InChI is InChI=1S/C33H47NO22/c1-15(35)47-11-22-26(49-17(3)37)28(50-18(4)38)31(53-21(7)41)33(55-22)56-27-23(12-48-16(2)36)54-32(30(52-20(6)40)29(27)51-19(5)39)46-10-8-9-34-24(42)13-45-14-25(43)44/h22-23,26-33H,8-14H2,1-7H3,(H,34,42)(H,43,44)/t22-,23-,26+,27+,28+,29+,30-,31-,32-,33-/m1/s1. The van der Waals surface area contributed by atoms with Gasteiger partial charge >= 0.3 is 47.8 Å². The van der Waals surface area contributed by atoms with Gasteiger partial charge in [0.2, 0.25) is 5.91 Å². The molecule has 0 aliphatic carbocycles. The second-order valence-electron chi connectivity index (χ2n) is 12.1. The molecule has 0 aromatic carbocycles. The Labute approximate surface area is 320 Å². The van der Waals surface area contributed by atoms with Gasteiger partial charge in [-0.05, 0) is 6.42 Å². The summed E-state index contributed by atoms with van der Waals surface area (Å²) in [5.74, 6) is -8.03. The van der Waals surface area contributed by atoms with Crippen LogP contribution in [-0.2, 0) is 100.0 Å². The van der Waals surface area contributed by atoms with E-state index in [1.807, 2.05) is 0 Å². The Morgan fingerprint density at radius 1 is 0.536 bits per heavy atom. The van der Waals surface area contributed by atoms with E-state index in [4.69, 9.17) is 61.9 Å². The third kappa shape index (κ3) is 16.4. The maximum Gasteiger partial charge on any atom is 0.329 e. The number of amides is 1. The van der Waals surface area contributed by atoms with Gasteiger partial charge < -0.3 is 67.3 Å². The molecule has 0 aromatic rings. The average Bonchev–Trinajstić information content (AvgIpc) is 3.06. The van der Waals surface area contributed by atoms with Crippen LogP contribution in [0.3, 0.4) is 0 Å². The zero-order valence-corrected chi connectivity index (χ0v) is 31.7. The molecular formula is C33H47NO22. The summed E-state index contributed by atoms with van der Waals surface area (Å²) in [6.07, 6.45) is -16.0. The van der Waals surface area contributed by atoms with E-state index in [0.717, 1.165) is 48.5 Å². The molecule has 23 heteroatoms. The van der Waals surface area contributed by atoms with Crippen LogP contribution >= 0.6 is 0 Å². The zero-order chi connectivity index (χ0) is 42.1. The van der Waals surface area contributed by atoms with Crippen LogP contribution in [0.25, 0.3) is 0 Å². The van der Waals surface area contributed by atoms with Crippen LogP contribution in [0.15, 0.2) is 0 Å². The lowest BCUT2D eigenvalue weighted by atomic mass is 9.96. The minimum Gasteiger partial charge on any atom is -0.480 e. The quantitative estimate of drug-likeness (QED) is 0.0781. The van der Waals surface area contributed by atoms with Gasteiger partial charge in [0, 0.05) is 55.0 Å². The van der Waals surface area contributed by atoms with Crippen LogP contribution in [0.1, 0.15) is 54.9 Å². The van der Waals surface area contributed by atoms with Crippen LogP contribution in [0.4, 0.5) is 0 Å². The summed E-state index contributed by atoms with van der Waals surface area (Å²) in [6, 6.07) is 0. The highest BCUT2D eigenvalue weighted by molar-refractivity contribution is 5.77. The van der Waals surface area contributed by atoms with Crippen molar-refractivity contribution in [1.82, 2.24) is 5.32 Å². The summed E-state index contributed by atoms with van der Waals surface area (Å²) < 4.78 is 66.6. The molecule has 2 fully saturated rings. The predicted octanol–water partition coefficient (Wildman–Crippen LogP) is -1.77. The van der Waals surface area contributed by atoms with E-state index >= 15 is 0 Å². The first-order valence-corrected chi connectivity index (χ1v) is 17.1. The summed E-state index contributed by atoms with van der Waals surface area (Å²) in [5.41, 5.74) is 0. The Bertz CT molecular complexity index is 1420. The summed E-state index contributed by atoms with van der Waals surface area (Å²) >= 11 is 0. The smallest absolute Gasteiger partial charge is 0.329 e. The number of hydrogen-bond donors (Lipinski definition) is 2. The third-order valence-electron chi connectivity index (χ3n) is 7.27. The monoisotopic (exact) mass is 809 g/mol. The van der Waals surface area contributed by atoms with E-state index in [-0.39, 0.29) is 19.6 Å². The lowest BCUT2D eigenvalue weighted by Crippen LogP contribution is -2.67. The molecule has 316 valence electrons. The highest BCUT2D eigenvalue weighted by atomic mass is 16.8. The first-order chi connectivity index (χ1) is 26.3. The van der Waals surface area contributed by atoms with Crippen LogP contribution in [0, 0.1) is 0 Å². The van der Waals surface area contributed by atoms with E-state index in [9.17, 15) is 43.2 Å². The lowest BCUT2D eigenvalue weighted by molar-refractivity contribution is -0.361. The Morgan fingerprint density at radius 3 is 1.45 bits per heavy atom. The normalized spacial score (nSPS) is 27.1. The number of aliphatic carboxylic acids is 1. The fraction of sp³-hybridized carbons (Fsp3) is 0.727. The number of carboxylic acid groups (broad SMARTS) is 1. The van der Waals surface area contributed by atoms with Gasteiger partial charge in [-0.1, -0.05) is 0 Å². The molecule has 2 rings (SSSR count). The molecule has 0 aromatic heterocycles. The molecule has 1 amide bonds. The van der Waals surface area contributed by atoms with Crippen LogP contribution in [-0.4, -0.2) is 160 Å². The first kappa shape index (κ1) is 47.2. The molecule has 23 nitrogen and oxygen atoms in total. The molecule has 2 heterocycles. The molecule has 0 bridgehead atoms. The molecule has 2 N–H and O–H groups in total. The van der Waals surface area contributed by atoms with Crippen molar-refractivity contribution < 1.29 is 105 Å². The summed E-state index contributed by atoms with van der Waals surface area (Å²) in [4.78, 5) is 108. The van der Waals surface area contributed by atoms with Crippen LogP contribution in [0.5, 0.6) is 0 Å². The Kier molecular flexibility index (Phi) is 19.5. The van der Waals surface area contributed by atoms with Crippen molar-refractivity contribution in [2.24, 2.45) is 0 Å². The van der Waals surface area contributed by atoms with Crippen molar-refractivity contribution in [3.63, 3.8) is 0 Å². The van der Waals surface area contributed by atoms with Gasteiger partial charge in [-0.15, -0.1) is 0 Å². The van der Waals surface area contributed by atoms with Gasteiger partial charge in [-0.3, -0.25) is 38.4 Å². The van der Waals surface area contributed by atoms with Gasteiger partial charge in [0.15, 0.2) is 43.1 Å². The molecule has 56 heavy (non-hydrogen) atoms. The Balaban J connectivity index is 2.55. The molecule has 2 saturated heterocycles. The molecular weight excluding hydrogens is 762 g/mol. The van der Waals surface area contributed by atoms with Crippen molar-refractivity contribution in [3.8, 4) is 0 Å². The van der Waals surface area contributed by atoms with Crippen molar-refractivity contribution in [2.45, 2.75) is 116 Å². The number of carbonyl (C=O) groups is 9. The van der Waals surface area contributed by atoms with Crippen LogP contribution in [0.2, 0.25) is 0 Å². The van der Waals surface area contributed by atoms with E-state index in [1.165, 1.54) is 0 Å². The summed E-state index contributed by atoms with van der Waals surface area (Å²) in [7, 11) is 0. The fourth-order valence-electron chi connectivity index (χ4n) is 5.39. The zero-order valence-electron chi connectivity index (χ0n) is 31.7. The molecule has 2 aliphatic heterocycles. The maximum absolute atomic E-state index is 12.5. The fourth-order valence-corrected chi connectivity index (χ4v) is 5.39. The second-order valence-corrected chi connectivity index (χ2v) is 12.1.